The average Bonchev–Trinajstić information content (AvgIpc) is 2.00. The smallest absolute Gasteiger partial charge is 0.111 e. The Labute approximate surface area is 59.7 Å². The Bertz CT molecular complexity index is 79.8. The van der Waals surface area contributed by atoms with Gasteiger partial charge in [-0.05, 0) is 12.8 Å². The zero-order valence-electron chi connectivity index (χ0n) is 5.82. The molecule has 0 heterocycles. The SMILES string of the molecule is OCCCC(O)(CO)CO. The van der Waals surface area contributed by atoms with Crippen LogP contribution in [0.3, 0.4) is 0 Å². The highest BCUT2D eigenvalue weighted by Gasteiger charge is 2.23. The second-order valence-corrected chi connectivity index (χ2v) is 2.37. The third kappa shape index (κ3) is 3.12. The third-order valence-corrected chi connectivity index (χ3v) is 1.39. The van der Waals surface area contributed by atoms with Crippen molar-refractivity contribution in [3.05, 3.63) is 0 Å². The molecule has 0 spiro atoms. The Hall–Kier alpha value is -0.160. The van der Waals surface area contributed by atoms with Crippen molar-refractivity contribution in [2.75, 3.05) is 19.8 Å². The molecule has 0 aromatic heterocycles. The fourth-order valence-corrected chi connectivity index (χ4v) is 0.616. The molecule has 4 N–H and O–H groups in total. The molecule has 0 atom stereocenters. The highest BCUT2D eigenvalue weighted by molar-refractivity contribution is 4.75. The van der Waals surface area contributed by atoms with Gasteiger partial charge in [0.1, 0.15) is 5.60 Å². The first-order chi connectivity index (χ1) is 4.68. The third-order valence-electron chi connectivity index (χ3n) is 1.39. The molecule has 0 aromatic rings. The van der Waals surface area contributed by atoms with Gasteiger partial charge in [-0.1, -0.05) is 0 Å². The average molecular weight is 150 g/mol. The summed E-state index contributed by atoms with van der Waals surface area (Å²) in [6.07, 6.45) is 0.605. The summed E-state index contributed by atoms with van der Waals surface area (Å²) in [5.74, 6) is 0. The maximum absolute atomic E-state index is 9.15. The second kappa shape index (κ2) is 4.62. The number of hydrogen-bond donors (Lipinski definition) is 4. The fourth-order valence-electron chi connectivity index (χ4n) is 0.616. The molecule has 0 saturated heterocycles. The van der Waals surface area contributed by atoms with Crippen molar-refractivity contribution >= 4 is 0 Å². The lowest BCUT2D eigenvalue weighted by Gasteiger charge is -2.22. The van der Waals surface area contributed by atoms with Crippen molar-refractivity contribution in [3.63, 3.8) is 0 Å². The number of hydrogen-bond acceptors (Lipinski definition) is 4. The van der Waals surface area contributed by atoms with E-state index in [9.17, 15) is 0 Å². The Kier molecular flexibility index (Phi) is 4.55. The molecule has 0 unspecified atom stereocenters. The maximum atomic E-state index is 9.15. The van der Waals surface area contributed by atoms with Crippen molar-refractivity contribution in [1.29, 1.82) is 0 Å². The summed E-state index contributed by atoms with van der Waals surface area (Å²) in [4.78, 5) is 0. The van der Waals surface area contributed by atoms with Gasteiger partial charge < -0.3 is 20.4 Å². The van der Waals surface area contributed by atoms with Crippen LogP contribution < -0.4 is 0 Å². The minimum absolute atomic E-state index is 0.0394. The summed E-state index contributed by atoms with van der Waals surface area (Å²) in [5, 5.41) is 34.5. The fraction of sp³-hybridized carbons (Fsp3) is 1.00. The molecule has 0 radical (unpaired) electrons. The van der Waals surface area contributed by atoms with Gasteiger partial charge in [-0.3, -0.25) is 0 Å². The van der Waals surface area contributed by atoms with Gasteiger partial charge in [-0.15, -0.1) is 0 Å². The normalized spacial score (nSPS) is 12.0. The first kappa shape index (κ1) is 9.84. The number of aliphatic hydroxyl groups is 4. The van der Waals surface area contributed by atoms with Gasteiger partial charge in [0.2, 0.25) is 0 Å². The van der Waals surface area contributed by atoms with Crippen molar-refractivity contribution in [1.82, 2.24) is 0 Å². The minimum Gasteiger partial charge on any atom is -0.396 e. The zero-order chi connectivity index (χ0) is 8.04. The second-order valence-electron chi connectivity index (χ2n) is 2.37. The van der Waals surface area contributed by atoms with Crippen LogP contribution in [0.25, 0.3) is 0 Å². The van der Waals surface area contributed by atoms with E-state index >= 15 is 0 Å². The van der Waals surface area contributed by atoms with Crippen LogP contribution in [0, 0.1) is 0 Å². The molecule has 0 aliphatic rings. The predicted octanol–water partition coefficient (Wildman–Crippen LogP) is -1.53. The van der Waals surface area contributed by atoms with E-state index in [1.54, 1.807) is 0 Å². The van der Waals surface area contributed by atoms with Crippen LogP contribution in [0.4, 0.5) is 0 Å². The molecule has 10 heavy (non-hydrogen) atoms. The Morgan fingerprint density at radius 1 is 1.00 bits per heavy atom. The standard InChI is InChI=1S/C6H14O4/c7-3-1-2-6(10,4-8)5-9/h7-10H,1-5H2. The number of aliphatic hydroxyl groups excluding tert-OH is 3. The van der Waals surface area contributed by atoms with Gasteiger partial charge in [0, 0.05) is 6.61 Å². The Balaban J connectivity index is 3.58. The summed E-state index contributed by atoms with van der Waals surface area (Å²) < 4.78 is 0. The van der Waals surface area contributed by atoms with E-state index in [0.717, 1.165) is 0 Å². The monoisotopic (exact) mass is 150 g/mol. The van der Waals surface area contributed by atoms with Crippen LogP contribution in [0.2, 0.25) is 0 Å². The van der Waals surface area contributed by atoms with Crippen molar-refractivity contribution in [3.8, 4) is 0 Å². The molecule has 0 aromatic carbocycles. The molecule has 0 fully saturated rings. The maximum Gasteiger partial charge on any atom is 0.111 e. The first-order valence-corrected chi connectivity index (χ1v) is 3.23. The molecular formula is C6H14O4. The molecule has 0 aliphatic heterocycles. The molecule has 4 heteroatoms. The van der Waals surface area contributed by atoms with E-state index < -0.39 is 18.8 Å². The lowest BCUT2D eigenvalue weighted by molar-refractivity contribution is -0.0631. The van der Waals surface area contributed by atoms with Crippen LogP contribution in [0.15, 0.2) is 0 Å². The molecule has 0 aliphatic carbocycles. The lowest BCUT2D eigenvalue weighted by atomic mass is 10.0. The van der Waals surface area contributed by atoms with Gasteiger partial charge in [0.15, 0.2) is 0 Å². The van der Waals surface area contributed by atoms with E-state index in [2.05, 4.69) is 0 Å². The Morgan fingerprint density at radius 3 is 1.80 bits per heavy atom. The number of rotatable bonds is 5. The van der Waals surface area contributed by atoms with Crippen molar-refractivity contribution in [2.24, 2.45) is 0 Å². The molecule has 0 rings (SSSR count). The molecule has 62 valence electrons. The first-order valence-electron chi connectivity index (χ1n) is 3.23. The summed E-state index contributed by atoms with van der Waals surface area (Å²) in [6, 6.07) is 0. The van der Waals surface area contributed by atoms with Gasteiger partial charge in [0.05, 0.1) is 13.2 Å². The predicted molar refractivity (Wildman–Crippen MR) is 35.4 cm³/mol. The van der Waals surface area contributed by atoms with E-state index in [1.807, 2.05) is 0 Å². The highest BCUT2D eigenvalue weighted by atomic mass is 16.4. The zero-order valence-corrected chi connectivity index (χ0v) is 5.82. The van der Waals surface area contributed by atoms with Crippen LogP contribution >= 0.6 is 0 Å². The van der Waals surface area contributed by atoms with Gasteiger partial charge >= 0.3 is 0 Å². The topological polar surface area (TPSA) is 80.9 Å². The highest BCUT2D eigenvalue weighted by Crippen LogP contribution is 2.09. The van der Waals surface area contributed by atoms with Crippen LogP contribution in [-0.4, -0.2) is 45.8 Å². The molecule has 0 bridgehead atoms. The Morgan fingerprint density at radius 2 is 1.50 bits per heavy atom. The van der Waals surface area contributed by atoms with E-state index in [0.29, 0.717) is 6.42 Å². The van der Waals surface area contributed by atoms with Crippen LogP contribution in [0.5, 0.6) is 0 Å². The van der Waals surface area contributed by atoms with Gasteiger partial charge in [0.25, 0.3) is 0 Å². The van der Waals surface area contributed by atoms with Gasteiger partial charge in [-0.2, -0.15) is 0 Å². The summed E-state index contributed by atoms with van der Waals surface area (Å²) >= 11 is 0. The van der Waals surface area contributed by atoms with Crippen molar-refractivity contribution in [2.45, 2.75) is 18.4 Å². The molecular weight excluding hydrogens is 136 g/mol. The van der Waals surface area contributed by atoms with E-state index in [1.165, 1.54) is 0 Å². The van der Waals surface area contributed by atoms with Crippen LogP contribution in [-0.2, 0) is 0 Å². The summed E-state index contributed by atoms with van der Waals surface area (Å²) in [5.41, 5.74) is -1.41. The molecule has 0 saturated carbocycles. The van der Waals surface area contributed by atoms with Crippen LogP contribution in [0.1, 0.15) is 12.8 Å². The lowest BCUT2D eigenvalue weighted by Crippen LogP contribution is -2.37. The minimum atomic E-state index is -1.41. The summed E-state index contributed by atoms with van der Waals surface area (Å²) in [6.45, 7) is -0.977. The van der Waals surface area contributed by atoms with Gasteiger partial charge in [-0.25, -0.2) is 0 Å². The largest absolute Gasteiger partial charge is 0.396 e. The van der Waals surface area contributed by atoms with E-state index in [-0.39, 0.29) is 13.0 Å². The molecule has 4 nitrogen and oxygen atoms in total. The molecule has 0 amide bonds. The van der Waals surface area contributed by atoms with E-state index in [4.69, 9.17) is 20.4 Å². The summed E-state index contributed by atoms with van der Waals surface area (Å²) in [7, 11) is 0. The van der Waals surface area contributed by atoms with Crippen molar-refractivity contribution < 1.29 is 20.4 Å². The quantitative estimate of drug-likeness (QED) is 0.383.